The number of rotatable bonds is 8. The molecular formula is C58H48N4. The molecule has 4 fully saturated rings. The van der Waals surface area contributed by atoms with E-state index in [-0.39, 0.29) is 10.8 Å². The lowest BCUT2D eigenvalue weighted by Crippen LogP contribution is -2.55. The summed E-state index contributed by atoms with van der Waals surface area (Å²) in [6.07, 6.45) is 7.84. The van der Waals surface area contributed by atoms with Gasteiger partial charge in [0, 0.05) is 16.7 Å². The molecule has 2 atom stereocenters. The molecule has 4 aliphatic carbocycles. The predicted molar refractivity (Wildman–Crippen MR) is 251 cm³/mol. The van der Waals surface area contributed by atoms with E-state index in [9.17, 15) is 5.26 Å². The first kappa shape index (κ1) is 38.0. The smallest absolute Gasteiger partial charge is 0.164 e. The van der Waals surface area contributed by atoms with Gasteiger partial charge >= 0.3 is 0 Å². The molecule has 4 aliphatic rings. The Morgan fingerprint density at radius 2 is 0.790 bits per heavy atom. The van der Waals surface area contributed by atoms with Crippen LogP contribution in [0.3, 0.4) is 0 Å². The molecule has 0 radical (unpaired) electrons. The first-order valence-corrected chi connectivity index (χ1v) is 22.1. The van der Waals surface area contributed by atoms with E-state index in [0.29, 0.717) is 23.0 Å². The van der Waals surface area contributed by atoms with E-state index >= 15 is 0 Å². The third-order valence-electron chi connectivity index (χ3n) is 14.2. The lowest BCUT2D eigenvalue weighted by molar-refractivity contribution is -0.0281. The minimum atomic E-state index is 0.222. The Bertz CT molecular complexity index is 2910. The fourth-order valence-electron chi connectivity index (χ4n) is 11.8. The number of nitriles is 1. The number of hydrogen-bond donors (Lipinski definition) is 0. The number of aromatic nitrogens is 3. The average Bonchev–Trinajstić information content (AvgIpc) is 3.31. The van der Waals surface area contributed by atoms with Crippen molar-refractivity contribution in [2.45, 2.75) is 63.2 Å². The number of benzene rings is 7. The Kier molecular flexibility index (Phi) is 9.31. The van der Waals surface area contributed by atoms with E-state index in [0.717, 1.165) is 45.2 Å². The molecule has 8 aromatic rings. The first-order chi connectivity index (χ1) is 30.3. The maximum Gasteiger partial charge on any atom is 0.164 e. The molecule has 2 unspecified atom stereocenters. The third-order valence-corrected chi connectivity index (χ3v) is 14.2. The van der Waals surface area contributed by atoms with Crippen LogP contribution in [0.15, 0.2) is 170 Å². The highest BCUT2D eigenvalue weighted by Gasteiger charge is 2.58. The number of hydrogen-bond acceptors (Lipinski definition) is 4. The van der Waals surface area contributed by atoms with Crippen LogP contribution in [0.2, 0.25) is 0 Å². The van der Waals surface area contributed by atoms with Crippen molar-refractivity contribution in [2.24, 2.45) is 11.8 Å². The zero-order valence-electron chi connectivity index (χ0n) is 35.4. The van der Waals surface area contributed by atoms with Crippen LogP contribution in [0.25, 0.3) is 67.5 Å². The van der Waals surface area contributed by atoms with E-state index < -0.39 is 0 Å². The first-order valence-electron chi connectivity index (χ1n) is 22.1. The summed E-state index contributed by atoms with van der Waals surface area (Å²) in [7, 11) is 0. The van der Waals surface area contributed by atoms with Gasteiger partial charge < -0.3 is 0 Å². The fraction of sp³-hybridized carbons (Fsp3) is 0.207. The maximum absolute atomic E-state index is 9.27. The summed E-state index contributed by atoms with van der Waals surface area (Å²) in [5.74, 6) is 3.55. The Balaban J connectivity index is 0.891. The summed E-state index contributed by atoms with van der Waals surface area (Å²) >= 11 is 0. The van der Waals surface area contributed by atoms with Crippen molar-refractivity contribution in [1.29, 1.82) is 5.26 Å². The van der Waals surface area contributed by atoms with Gasteiger partial charge in [-0.2, -0.15) is 5.26 Å². The highest BCUT2D eigenvalue weighted by molar-refractivity contribution is 5.78. The average molecular weight is 801 g/mol. The van der Waals surface area contributed by atoms with Crippen LogP contribution in [-0.2, 0) is 10.8 Å². The molecule has 0 spiro atoms. The molecular weight excluding hydrogens is 753 g/mol. The standard InChI is InChI=1S/C58H48N4/c1-38-25-48(30-49(26-38)50-27-39(2)28-51(31-50)56-61-54(46-9-5-3-6-10-46)60-55(62-56)47-11-7-4-8-12-47)45-19-23-53(24-20-45)58-34-41-29-42(35-58)33-57(32-41,37-58)52-21-17-44(18-22-52)43-15-13-40(36-59)14-16-43/h3-28,30-31,41-42H,29,32-35,37H2,1-2H3. The van der Waals surface area contributed by atoms with Gasteiger partial charge in [0.1, 0.15) is 0 Å². The Hall–Kier alpha value is -6.96. The second-order valence-electron chi connectivity index (χ2n) is 18.6. The van der Waals surface area contributed by atoms with Crippen molar-refractivity contribution in [2.75, 3.05) is 0 Å². The molecule has 0 aliphatic heterocycles. The molecule has 4 heteroatoms. The van der Waals surface area contributed by atoms with Gasteiger partial charge in [-0.05, 0) is 161 Å². The molecule has 4 saturated carbocycles. The van der Waals surface area contributed by atoms with Crippen LogP contribution in [0.4, 0.5) is 0 Å². The molecule has 4 bridgehead atoms. The van der Waals surface area contributed by atoms with Gasteiger partial charge in [0.15, 0.2) is 17.5 Å². The van der Waals surface area contributed by atoms with E-state index in [2.05, 4.69) is 141 Å². The topological polar surface area (TPSA) is 62.5 Å². The van der Waals surface area contributed by atoms with Gasteiger partial charge in [0.05, 0.1) is 11.6 Å². The Morgan fingerprint density at radius 3 is 1.24 bits per heavy atom. The zero-order chi connectivity index (χ0) is 41.8. The minimum absolute atomic E-state index is 0.222. The van der Waals surface area contributed by atoms with Crippen LogP contribution < -0.4 is 0 Å². The molecule has 0 amide bonds. The van der Waals surface area contributed by atoms with Crippen LogP contribution in [0.5, 0.6) is 0 Å². The normalized spacial score (nSPS) is 21.1. The molecule has 1 aromatic heterocycles. The molecule has 12 rings (SSSR count). The highest BCUT2D eigenvalue weighted by atomic mass is 15.0. The lowest BCUT2D eigenvalue weighted by atomic mass is 9.41. The summed E-state index contributed by atoms with van der Waals surface area (Å²) in [6, 6.07) is 63.3. The quantitative estimate of drug-likeness (QED) is 0.154. The van der Waals surface area contributed by atoms with Crippen molar-refractivity contribution in [3.8, 4) is 73.6 Å². The third kappa shape index (κ3) is 7.02. The second kappa shape index (κ2) is 15.2. The Morgan fingerprint density at radius 1 is 0.419 bits per heavy atom. The fourth-order valence-corrected chi connectivity index (χ4v) is 11.8. The summed E-state index contributed by atoms with van der Waals surface area (Å²) in [6.45, 7) is 4.36. The molecule has 300 valence electrons. The predicted octanol–water partition coefficient (Wildman–Crippen LogP) is 14.2. The molecule has 62 heavy (non-hydrogen) atoms. The van der Waals surface area contributed by atoms with Crippen LogP contribution in [0, 0.1) is 37.0 Å². The monoisotopic (exact) mass is 800 g/mol. The van der Waals surface area contributed by atoms with Crippen molar-refractivity contribution in [3.63, 3.8) is 0 Å². The Labute approximate surface area is 365 Å². The molecule has 0 N–H and O–H groups in total. The summed E-state index contributed by atoms with van der Waals surface area (Å²) in [5, 5.41) is 9.27. The summed E-state index contributed by atoms with van der Waals surface area (Å²) in [4.78, 5) is 15.0. The lowest BCUT2D eigenvalue weighted by Gasteiger charge is -2.63. The van der Waals surface area contributed by atoms with Gasteiger partial charge in [-0.25, -0.2) is 15.0 Å². The van der Waals surface area contributed by atoms with Gasteiger partial charge in [-0.1, -0.05) is 140 Å². The largest absolute Gasteiger partial charge is 0.208 e. The summed E-state index contributed by atoms with van der Waals surface area (Å²) < 4.78 is 0. The van der Waals surface area contributed by atoms with Crippen LogP contribution >= 0.6 is 0 Å². The number of aryl methyl sites for hydroxylation is 2. The second-order valence-corrected chi connectivity index (χ2v) is 18.6. The molecule has 4 nitrogen and oxygen atoms in total. The molecule has 7 aromatic carbocycles. The van der Waals surface area contributed by atoms with Crippen LogP contribution in [-0.4, -0.2) is 15.0 Å². The highest BCUT2D eigenvalue weighted by Crippen LogP contribution is 2.66. The van der Waals surface area contributed by atoms with E-state index in [4.69, 9.17) is 15.0 Å². The maximum atomic E-state index is 9.27. The van der Waals surface area contributed by atoms with Crippen molar-refractivity contribution in [3.05, 3.63) is 198 Å². The van der Waals surface area contributed by atoms with Crippen molar-refractivity contribution >= 4 is 0 Å². The number of nitrogens with zero attached hydrogens (tertiary/aromatic N) is 4. The molecule has 0 saturated heterocycles. The molecule has 1 heterocycles. The van der Waals surface area contributed by atoms with E-state index in [1.807, 2.05) is 48.5 Å². The van der Waals surface area contributed by atoms with E-state index in [1.54, 1.807) is 0 Å². The van der Waals surface area contributed by atoms with Gasteiger partial charge in [-0.15, -0.1) is 0 Å². The van der Waals surface area contributed by atoms with Gasteiger partial charge in [0.2, 0.25) is 0 Å². The van der Waals surface area contributed by atoms with Crippen LogP contribution in [0.1, 0.15) is 66.3 Å². The SMILES string of the molecule is Cc1cc(-c2ccc(C34CC5CC(CC(c6ccc(-c7ccc(C#N)cc7)cc6)(C5)C3)C4)cc2)cc(-c2cc(C)cc(-c3nc(-c4ccccc4)nc(-c4ccccc4)n3)c2)c1. The van der Waals surface area contributed by atoms with Gasteiger partial charge in [0.25, 0.3) is 0 Å². The van der Waals surface area contributed by atoms with Gasteiger partial charge in [-0.3, -0.25) is 0 Å². The van der Waals surface area contributed by atoms with E-state index in [1.165, 1.54) is 77.5 Å². The minimum Gasteiger partial charge on any atom is -0.208 e. The zero-order valence-corrected chi connectivity index (χ0v) is 35.4. The van der Waals surface area contributed by atoms with Crippen molar-refractivity contribution < 1.29 is 0 Å². The van der Waals surface area contributed by atoms with Crippen molar-refractivity contribution in [1.82, 2.24) is 15.0 Å². The summed E-state index contributed by atoms with van der Waals surface area (Å²) in [5.41, 5.74) is 16.7.